The largest absolute Gasteiger partial charge is 0.438 e. The number of alkyl halides is 2. The number of nitrogens with zero attached hydrogens (tertiary/aromatic N) is 4. The van der Waals surface area contributed by atoms with Gasteiger partial charge in [-0.25, -0.2) is 28.1 Å². The third-order valence-corrected chi connectivity index (χ3v) is 5.15. The van der Waals surface area contributed by atoms with Gasteiger partial charge >= 0.3 is 0 Å². The second kappa shape index (κ2) is 7.79. The van der Waals surface area contributed by atoms with E-state index in [2.05, 4.69) is 19.9 Å². The van der Waals surface area contributed by atoms with Gasteiger partial charge in [0, 0.05) is 31.8 Å². The average Bonchev–Trinajstić information content (AvgIpc) is 3.50. The molecule has 1 atom stereocenters. The van der Waals surface area contributed by atoms with Crippen molar-refractivity contribution in [3.05, 3.63) is 65.0 Å². The number of nitrogens with one attached hydrogen (secondary N) is 1. The molecule has 0 bridgehead atoms. The number of aromatic amines is 1. The van der Waals surface area contributed by atoms with Crippen molar-refractivity contribution in [2.75, 3.05) is 13.7 Å². The Bertz CT molecular complexity index is 1300. The van der Waals surface area contributed by atoms with Crippen LogP contribution in [0, 0.1) is 5.82 Å². The summed E-state index contributed by atoms with van der Waals surface area (Å²) in [7, 11) is 1.35. The molecule has 5 rings (SSSR count). The molecule has 1 aliphatic rings. The molecule has 0 aliphatic carbocycles. The lowest BCUT2D eigenvalue weighted by atomic mass is 10.0. The highest BCUT2D eigenvalue weighted by atomic mass is 19.3. The number of amides is 1. The highest BCUT2D eigenvalue weighted by molar-refractivity contribution is 5.93. The molecule has 0 saturated carbocycles. The summed E-state index contributed by atoms with van der Waals surface area (Å²) < 4.78 is 56.8. The lowest BCUT2D eigenvalue weighted by Crippen LogP contribution is -2.41. The van der Waals surface area contributed by atoms with Gasteiger partial charge in [0.2, 0.25) is 17.5 Å². The molecule has 1 aromatic carbocycles. The van der Waals surface area contributed by atoms with Crippen molar-refractivity contribution < 1.29 is 31.5 Å². The summed E-state index contributed by atoms with van der Waals surface area (Å²) in [5.41, 5.74) is 0.997. The minimum absolute atomic E-state index is 0.0715. The van der Waals surface area contributed by atoms with Gasteiger partial charge in [-0.15, -0.1) is 0 Å². The molecule has 0 spiro atoms. The van der Waals surface area contributed by atoms with Gasteiger partial charge < -0.3 is 23.5 Å². The van der Waals surface area contributed by atoms with E-state index in [0.29, 0.717) is 17.7 Å². The summed E-state index contributed by atoms with van der Waals surface area (Å²) in [6, 6.07) is 2.91. The monoisotopic (exact) mass is 447 g/mol. The maximum absolute atomic E-state index is 13.6. The molecule has 0 unspecified atom stereocenters. The number of imidazole rings is 1. The molecule has 1 N–H and O–H groups in total. The highest BCUT2D eigenvalue weighted by Crippen LogP contribution is 2.36. The van der Waals surface area contributed by atoms with Crippen LogP contribution in [0.5, 0.6) is 0 Å². The van der Waals surface area contributed by atoms with Gasteiger partial charge in [-0.2, -0.15) is 0 Å². The number of hydrogen-bond acceptors (Lipinski definition) is 7. The van der Waals surface area contributed by atoms with Crippen molar-refractivity contribution in [1.82, 2.24) is 24.8 Å². The summed E-state index contributed by atoms with van der Waals surface area (Å²) in [4.78, 5) is 30.0. The standard InChI is InChI=1S/C20H16F3N5O4/c1-30-7-13-27-15(18(22)23)17(32-13)20(29)28-5-4-10-14(25-8-24-10)16(28)19-26-11-6-9(21)2-3-12(11)31-19/h2-3,6,8,16,18H,4-5,7H2,1H3,(H,24,25)/t16-/m0/s1. The Morgan fingerprint density at radius 2 is 2.19 bits per heavy atom. The van der Waals surface area contributed by atoms with E-state index >= 15 is 0 Å². The molecule has 0 fully saturated rings. The molecule has 166 valence electrons. The number of hydrogen-bond donors (Lipinski definition) is 1. The number of carbonyl (C=O) groups is 1. The third kappa shape index (κ3) is 3.32. The predicted octanol–water partition coefficient (Wildman–Crippen LogP) is 3.55. The van der Waals surface area contributed by atoms with E-state index < -0.39 is 35.6 Å². The zero-order valence-electron chi connectivity index (χ0n) is 16.6. The number of fused-ring (bicyclic) bond motifs is 2. The number of ether oxygens (including phenoxy) is 1. The first kappa shape index (κ1) is 20.2. The maximum Gasteiger partial charge on any atom is 0.292 e. The second-order valence-corrected chi connectivity index (χ2v) is 7.14. The van der Waals surface area contributed by atoms with Gasteiger partial charge in [0.1, 0.15) is 17.9 Å². The Kier molecular flexibility index (Phi) is 4.93. The minimum Gasteiger partial charge on any atom is -0.438 e. The van der Waals surface area contributed by atoms with Gasteiger partial charge in [-0.3, -0.25) is 4.79 Å². The van der Waals surface area contributed by atoms with Crippen molar-refractivity contribution in [2.45, 2.75) is 25.5 Å². The fraction of sp³-hybridized carbons (Fsp3) is 0.300. The number of oxazole rings is 2. The first-order valence-electron chi connectivity index (χ1n) is 9.62. The van der Waals surface area contributed by atoms with Crippen LogP contribution < -0.4 is 0 Å². The van der Waals surface area contributed by atoms with Crippen LogP contribution in [0.1, 0.15) is 51.9 Å². The Morgan fingerprint density at radius 3 is 2.97 bits per heavy atom. The number of carbonyl (C=O) groups excluding carboxylic acids is 1. The highest BCUT2D eigenvalue weighted by Gasteiger charge is 2.41. The zero-order valence-corrected chi connectivity index (χ0v) is 16.6. The van der Waals surface area contributed by atoms with Crippen LogP contribution in [0.15, 0.2) is 33.4 Å². The fourth-order valence-electron chi connectivity index (χ4n) is 3.78. The van der Waals surface area contributed by atoms with Gasteiger partial charge in [-0.05, 0) is 12.1 Å². The smallest absolute Gasteiger partial charge is 0.292 e. The van der Waals surface area contributed by atoms with Crippen molar-refractivity contribution in [3.63, 3.8) is 0 Å². The summed E-state index contributed by atoms with van der Waals surface area (Å²) >= 11 is 0. The summed E-state index contributed by atoms with van der Waals surface area (Å²) in [5.74, 6) is -1.97. The van der Waals surface area contributed by atoms with Crippen LogP contribution in [-0.4, -0.2) is 44.4 Å². The van der Waals surface area contributed by atoms with Crippen molar-refractivity contribution in [3.8, 4) is 0 Å². The number of H-pyrrole nitrogens is 1. The Morgan fingerprint density at radius 1 is 1.34 bits per heavy atom. The molecule has 4 aromatic rings. The van der Waals surface area contributed by atoms with E-state index in [9.17, 15) is 18.0 Å². The molecular formula is C20H16F3N5O4. The van der Waals surface area contributed by atoms with Crippen molar-refractivity contribution in [1.29, 1.82) is 0 Å². The number of methoxy groups -OCH3 is 1. The number of rotatable bonds is 5. The van der Waals surface area contributed by atoms with Crippen LogP contribution in [0.2, 0.25) is 0 Å². The molecule has 0 saturated heterocycles. The third-order valence-electron chi connectivity index (χ3n) is 5.15. The van der Waals surface area contributed by atoms with Gasteiger partial charge in [0.05, 0.1) is 12.0 Å². The Labute approximate surface area is 178 Å². The molecule has 3 aromatic heterocycles. The average molecular weight is 447 g/mol. The molecular weight excluding hydrogens is 431 g/mol. The maximum atomic E-state index is 13.6. The van der Waals surface area contributed by atoms with Crippen LogP contribution in [0.4, 0.5) is 13.2 Å². The molecule has 1 amide bonds. The summed E-state index contributed by atoms with van der Waals surface area (Å²) in [6.07, 6.45) is -1.17. The first-order valence-corrected chi connectivity index (χ1v) is 9.62. The number of halogens is 3. The molecule has 12 heteroatoms. The summed E-state index contributed by atoms with van der Waals surface area (Å²) in [6.45, 7) is -0.0224. The van der Waals surface area contributed by atoms with E-state index in [-0.39, 0.29) is 30.4 Å². The Balaban J connectivity index is 1.60. The van der Waals surface area contributed by atoms with Crippen molar-refractivity contribution in [2.24, 2.45) is 0 Å². The zero-order chi connectivity index (χ0) is 22.4. The van der Waals surface area contributed by atoms with Crippen LogP contribution in [-0.2, 0) is 17.8 Å². The Hall–Kier alpha value is -3.67. The van der Waals surface area contributed by atoms with Crippen LogP contribution in [0.25, 0.3) is 11.1 Å². The molecule has 32 heavy (non-hydrogen) atoms. The fourth-order valence-corrected chi connectivity index (χ4v) is 3.78. The van der Waals surface area contributed by atoms with Gasteiger partial charge in [-0.1, -0.05) is 0 Å². The van der Waals surface area contributed by atoms with E-state index in [0.717, 1.165) is 5.69 Å². The molecule has 4 heterocycles. The SMILES string of the molecule is COCc1nc(C(F)F)c(C(=O)N2CCc3[nH]cnc3[C@H]2c2nc3cc(F)ccc3o2)o1. The van der Waals surface area contributed by atoms with Gasteiger partial charge in [0.25, 0.3) is 12.3 Å². The normalized spacial score (nSPS) is 16.2. The lowest BCUT2D eigenvalue weighted by Gasteiger charge is -2.32. The molecule has 0 radical (unpaired) electrons. The van der Waals surface area contributed by atoms with E-state index in [1.165, 1.54) is 36.5 Å². The molecule has 9 nitrogen and oxygen atoms in total. The van der Waals surface area contributed by atoms with E-state index in [4.69, 9.17) is 13.6 Å². The quantitative estimate of drug-likeness (QED) is 0.498. The number of aromatic nitrogens is 4. The predicted molar refractivity (Wildman–Crippen MR) is 101 cm³/mol. The van der Waals surface area contributed by atoms with Gasteiger partial charge in [0.15, 0.2) is 17.3 Å². The van der Waals surface area contributed by atoms with E-state index in [1.54, 1.807) is 0 Å². The second-order valence-electron chi connectivity index (χ2n) is 7.14. The first-order chi connectivity index (χ1) is 15.5. The minimum atomic E-state index is -3.03. The lowest BCUT2D eigenvalue weighted by molar-refractivity contribution is 0.0614. The van der Waals surface area contributed by atoms with Crippen LogP contribution in [0.3, 0.4) is 0 Å². The number of benzene rings is 1. The summed E-state index contributed by atoms with van der Waals surface area (Å²) in [5, 5.41) is 0. The van der Waals surface area contributed by atoms with Crippen LogP contribution >= 0.6 is 0 Å². The van der Waals surface area contributed by atoms with Crippen molar-refractivity contribution >= 4 is 17.0 Å². The molecule has 1 aliphatic heterocycles. The topological polar surface area (TPSA) is 110 Å². The van der Waals surface area contributed by atoms with E-state index in [1.807, 2.05) is 0 Å².